The van der Waals surface area contributed by atoms with Crippen LogP contribution in [0.3, 0.4) is 0 Å². The summed E-state index contributed by atoms with van der Waals surface area (Å²) >= 11 is 1.40. The van der Waals surface area contributed by atoms with E-state index in [1.807, 2.05) is 59.0 Å². The number of para-hydroxylation sites is 1. The maximum Gasteiger partial charge on any atom is 0.410 e. The molecule has 4 fully saturated rings. The number of benzene rings is 3. The number of nitrogens with zero attached hydrogens (tertiary/aromatic N) is 7. The van der Waals surface area contributed by atoms with Crippen LogP contribution in [0.5, 0.6) is 0 Å². The van der Waals surface area contributed by atoms with Crippen molar-refractivity contribution in [3.05, 3.63) is 131 Å². The van der Waals surface area contributed by atoms with Crippen molar-refractivity contribution in [2.75, 3.05) is 60.6 Å². The number of aromatic nitrogens is 4. The van der Waals surface area contributed by atoms with Gasteiger partial charge in [0.2, 0.25) is 23.6 Å². The van der Waals surface area contributed by atoms with Gasteiger partial charge in [-0.05, 0) is 171 Å². The summed E-state index contributed by atoms with van der Waals surface area (Å²) in [4.78, 5) is 119. The number of carbonyl (C=O) groups excluding carboxylic acids is 7. The number of thiazole rings is 1. The van der Waals surface area contributed by atoms with E-state index in [2.05, 4.69) is 45.4 Å². The van der Waals surface area contributed by atoms with Gasteiger partial charge in [0.15, 0.2) is 10.8 Å². The minimum Gasteiger partial charge on any atom is -0.476 e. The molecule has 6 aliphatic rings. The molecule has 4 bridgehead atoms. The Kier molecular flexibility index (Phi) is 23.3. The van der Waals surface area contributed by atoms with Gasteiger partial charge in [0.25, 0.3) is 16.0 Å². The topological polar surface area (TPSA) is 389 Å². The summed E-state index contributed by atoms with van der Waals surface area (Å²) in [7, 11) is -4.36. The van der Waals surface area contributed by atoms with Gasteiger partial charge in [0, 0.05) is 86.4 Å². The Balaban J connectivity index is 0.701. The number of aliphatic hydroxyl groups is 1. The van der Waals surface area contributed by atoms with Crippen LogP contribution in [0.25, 0.3) is 21.3 Å². The number of urea groups is 1. The van der Waals surface area contributed by atoms with Gasteiger partial charge >= 0.3 is 18.1 Å². The fourth-order valence-corrected chi connectivity index (χ4v) is 18.3. The lowest BCUT2D eigenvalue weighted by Crippen LogP contribution is -2.64. The van der Waals surface area contributed by atoms with Crippen LogP contribution in [0.4, 0.5) is 26.2 Å². The maximum absolute atomic E-state index is 14.0. The summed E-state index contributed by atoms with van der Waals surface area (Å²) in [5.41, 5.74) is 10.0. The van der Waals surface area contributed by atoms with Gasteiger partial charge in [-0.2, -0.15) is 13.5 Å². The van der Waals surface area contributed by atoms with E-state index in [1.54, 1.807) is 56.4 Å². The van der Waals surface area contributed by atoms with Gasteiger partial charge in [0.05, 0.1) is 34.4 Å². The number of carbonyl (C=O) groups is 8. The number of unbranched alkanes of at least 4 members (excludes halogenated alkanes) is 2. The van der Waals surface area contributed by atoms with Gasteiger partial charge in [-0.1, -0.05) is 81.9 Å². The quantitative estimate of drug-likeness (QED) is 0.0137. The van der Waals surface area contributed by atoms with Crippen molar-refractivity contribution < 1.29 is 71.0 Å². The molecule has 30 heteroatoms. The minimum absolute atomic E-state index is 0.0444. The Hall–Kier alpha value is -9.36. The summed E-state index contributed by atoms with van der Waals surface area (Å²) in [6.07, 6.45) is 10.4. The second kappa shape index (κ2) is 31.9. The van der Waals surface area contributed by atoms with Crippen LogP contribution in [0.15, 0.2) is 97.2 Å². The highest BCUT2D eigenvalue weighted by molar-refractivity contribution is 7.85. The molecular formula is C74H93N13O15S2. The van der Waals surface area contributed by atoms with Gasteiger partial charge < -0.3 is 61.4 Å². The number of nitrogens with one attached hydrogen (secondary N) is 5. The Morgan fingerprint density at radius 3 is 2.30 bits per heavy atom. The molecule has 10 N–H and O–H groups in total. The maximum atomic E-state index is 14.0. The SMILES string of the molecule is Cc1c(-c2ccc(N3CCc4cccc(C(=O)Nc5nc6ccccc6s5)c4C3)nc2C(=O)O)cnn1CC12CC3(C)CC(C)(C1)CC(OCCN(CCCS(=O)(=O)O)C(=O)OCc1ccc(NC(=O)[C@H](CCCNC(N)=O)NC(=O)[C@@H](NC(=O)CCCCCN4C(=O)C=CC4O)C(C)C)cc1)(C3)C2. The number of aromatic carboxylic acids is 1. The predicted molar refractivity (Wildman–Crippen MR) is 390 cm³/mol. The average Bonchev–Trinajstić information content (AvgIpc) is 0.716. The van der Waals surface area contributed by atoms with Crippen LogP contribution in [-0.4, -0.2) is 169 Å². The summed E-state index contributed by atoms with van der Waals surface area (Å²) in [5.74, 6) is -3.79. The molecule has 3 unspecified atom stereocenters. The molecule has 5 heterocycles. The highest BCUT2D eigenvalue weighted by Gasteiger charge is 2.66. The zero-order chi connectivity index (χ0) is 74.3. The van der Waals surface area contributed by atoms with E-state index in [0.717, 1.165) is 59.1 Å². The van der Waals surface area contributed by atoms with Gasteiger partial charge in [-0.25, -0.2) is 24.4 Å². The van der Waals surface area contributed by atoms with E-state index in [4.69, 9.17) is 25.3 Å². The molecule has 4 aliphatic carbocycles. The third-order valence-corrected chi connectivity index (χ3v) is 22.4. The van der Waals surface area contributed by atoms with Gasteiger partial charge in [-0.15, -0.1) is 0 Å². The Bertz CT molecular complexity index is 4320. The summed E-state index contributed by atoms with van der Waals surface area (Å²) in [6.45, 7) is 11.8. The molecule has 104 heavy (non-hydrogen) atoms. The zero-order valence-electron chi connectivity index (χ0n) is 59.3. The van der Waals surface area contributed by atoms with Crippen molar-refractivity contribution in [3.63, 3.8) is 0 Å². The largest absolute Gasteiger partial charge is 0.476 e. The third-order valence-electron chi connectivity index (χ3n) is 20.6. The van der Waals surface area contributed by atoms with Crippen LogP contribution in [0.2, 0.25) is 0 Å². The van der Waals surface area contributed by atoms with E-state index in [-0.39, 0.29) is 104 Å². The predicted octanol–water partition coefficient (Wildman–Crippen LogP) is 8.72. The molecule has 3 aromatic heterocycles. The summed E-state index contributed by atoms with van der Waals surface area (Å²) in [5, 5.41) is 40.0. The lowest BCUT2D eigenvalue weighted by molar-refractivity contribution is -0.248. The minimum atomic E-state index is -4.36. The standard InChI is InChI=1S/C74H93N13O15S2/c1-46(2)62(82-59(88)19-7-6-10-31-86-60(89)26-27-61(86)90)66(93)79-56(17-12-29-76-68(75)96)65(92)78-50-22-20-48(21-23-50)38-101-70(97)84(30-13-35-104(98,99)100)33-34-102-74-42-71(4)39-72(5,43-74)41-73(40-71,44-74)45-87-47(3)53(36-77-87)51-24-25-58(81-63(51)67(94)95)85-32-28-49-14-11-15-52(54(49)37-85)64(91)83-69-80-55-16-8-9-18-57(55)103-69/h8-9,11,14-16,18,20-27,36,46,56,60,62,89H,6-7,10,12-13,17,19,28-35,37-45H2,1-5H3,(H,78,92)(H,79,93)(H,82,88)(H,94,95)(H3,75,76,96)(H,80,83,91)(H,98,99,100)/t56-,60?,62-,71?,72?,73?,74?/m0/s1. The third kappa shape index (κ3) is 18.6. The van der Waals surface area contributed by atoms with Crippen molar-refractivity contribution in [3.8, 4) is 11.1 Å². The number of rotatable bonds is 33. The molecule has 12 rings (SSSR count). The molecule has 0 saturated heterocycles. The van der Waals surface area contributed by atoms with E-state index < -0.39 is 69.7 Å². The van der Waals surface area contributed by atoms with Crippen LogP contribution in [0, 0.1) is 29.1 Å². The first-order valence-corrected chi connectivity index (χ1v) is 37.9. The highest BCUT2D eigenvalue weighted by atomic mass is 32.2. The normalized spacial score (nSPS) is 21.5. The smallest absolute Gasteiger partial charge is 0.410 e. The summed E-state index contributed by atoms with van der Waals surface area (Å²) < 4.78 is 49.2. The fraction of sp³-hybridized carbons (Fsp3) is 0.500. The number of primary amides is 1. The molecule has 3 aromatic carbocycles. The first-order chi connectivity index (χ1) is 49.5. The molecule has 28 nitrogen and oxygen atoms in total. The van der Waals surface area contributed by atoms with Crippen molar-refractivity contribution in [2.45, 2.75) is 168 Å². The van der Waals surface area contributed by atoms with Crippen molar-refractivity contribution >= 4 is 95.9 Å². The van der Waals surface area contributed by atoms with Crippen molar-refractivity contribution in [1.82, 2.24) is 45.5 Å². The molecule has 2 aliphatic heterocycles. The van der Waals surface area contributed by atoms with Crippen LogP contribution >= 0.6 is 11.3 Å². The number of carboxylic acid groups (broad SMARTS) is 1. The number of amides is 8. The number of nitrogens with two attached hydrogens (primary N) is 1. The van der Waals surface area contributed by atoms with Crippen LogP contribution in [0.1, 0.15) is 154 Å². The van der Waals surface area contributed by atoms with E-state index in [0.29, 0.717) is 97.2 Å². The number of aliphatic hydroxyl groups excluding tert-OH is 1. The summed E-state index contributed by atoms with van der Waals surface area (Å²) in [6, 6.07) is 20.6. The molecule has 8 amide bonds. The van der Waals surface area contributed by atoms with Crippen molar-refractivity contribution in [1.29, 1.82) is 0 Å². The first-order valence-electron chi connectivity index (χ1n) is 35.5. The lowest BCUT2D eigenvalue weighted by Gasteiger charge is -2.69. The Morgan fingerprint density at radius 1 is 0.837 bits per heavy atom. The Morgan fingerprint density at radius 2 is 1.60 bits per heavy atom. The number of pyridine rings is 1. The van der Waals surface area contributed by atoms with Gasteiger partial charge in [0.1, 0.15) is 30.7 Å². The number of carboxylic acids is 1. The van der Waals surface area contributed by atoms with Gasteiger partial charge in [-0.3, -0.25) is 38.5 Å². The fourth-order valence-electron chi connectivity index (χ4n) is 17.0. The van der Waals surface area contributed by atoms with Crippen LogP contribution < -0.4 is 37.2 Å². The number of hydrogen-bond donors (Lipinski definition) is 9. The Labute approximate surface area is 608 Å². The second-order valence-electron chi connectivity index (χ2n) is 29.7. The molecule has 5 atom stereocenters. The number of hydrogen-bond acceptors (Lipinski definition) is 18. The molecule has 556 valence electrons. The lowest BCUT2D eigenvalue weighted by atomic mass is 9.39. The molecular weight excluding hydrogens is 1380 g/mol. The van der Waals surface area contributed by atoms with Crippen molar-refractivity contribution in [2.24, 2.45) is 27.9 Å². The highest BCUT2D eigenvalue weighted by Crippen LogP contribution is 2.72. The molecule has 0 radical (unpaired) electrons. The molecule has 4 saturated carbocycles. The molecule has 6 aromatic rings. The second-order valence-corrected chi connectivity index (χ2v) is 32.3. The number of fused-ring (bicyclic) bond motifs is 2. The zero-order valence-corrected chi connectivity index (χ0v) is 60.9. The monoisotopic (exact) mass is 1470 g/mol. The van der Waals surface area contributed by atoms with E-state index in [1.165, 1.54) is 33.3 Å². The van der Waals surface area contributed by atoms with Crippen LogP contribution in [-0.2, 0) is 64.9 Å². The number of ether oxygens (including phenoxy) is 2. The average molecular weight is 1470 g/mol. The number of anilines is 3. The van der Waals surface area contributed by atoms with E-state index >= 15 is 0 Å². The van der Waals surface area contributed by atoms with E-state index in [9.17, 15) is 61.5 Å². The molecule has 0 spiro atoms. The first kappa shape index (κ1) is 75.8.